The number of phenols is 1. The van der Waals surface area contributed by atoms with E-state index in [2.05, 4.69) is 23.8 Å². The fraction of sp³-hybridized carbons (Fsp3) is 0.560. The molecule has 160 valence electrons. The first kappa shape index (κ1) is 19.7. The van der Waals surface area contributed by atoms with Gasteiger partial charge in [0, 0.05) is 29.6 Å². The number of aromatic hydroxyl groups is 1. The standard InChI is InChI=1S/C25H32N2O3/c1-15-4-3-8-25(2)12-23-19(11-21(15)25)20(24(29)30-23)14-26-9-7-16-13-27-22-6-5-17(28)10-18(16)22/h5-6,10,13,19-21,23,26-28H,1,3-4,7-9,11-12,14H2,2H3/t19-,20-,21+,23-,25-/m1/s1. The molecule has 2 aliphatic carbocycles. The summed E-state index contributed by atoms with van der Waals surface area (Å²) in [5.41, 5.74) is 3.84. The number of fused-ring (bicyclic) bond motifs is 3. The van der Waals surface area contributed by atoms with E-state index in [0.717, 1.165) is 43.1 Å². The number of benzene rings is 1. The predicted octanol–water partition coefficient (Wildman–Crippen LogP) is 4.32. The molecule has 5 atom stereocenters. The number of esters is 1. The molecule has 1 aliphatic heterocycles. The maximum absolute atomic E-state index is 12.6. The average molecular weight is 409 g/mol. The van der Waals surface area contributed by atoms with Crippen molar-refractivity contribution in [2.75, 3.05) is 13.1 Å². The quantitative estimate of drug-likeness (QED) is 0.391. The lowest BCUT2D eigenvalue weighted by molar-refractivity contribution is -0.146. The van der Waals surface area contributed by atoms with Crippen molar-refractivity contribution in [2.45, 2.75) is 51.6 Å². The summed E-state index contributed by atoms with van der Waals surface area (Å²) in [6.45, 7) is 8.21. The lowest BCUT2D eigenvalue weighted by Crippen LogP contribution is -2.45. The Morgan fingerprint density at radius 1 is 1.40 bits per heavy atom. The third-order valence-corrected chi connectivity index (χ3v) is 8.01. The van der Waals surface area contributed by atoms with Crippen molar-refractivity contribution in [3.63, 3.8) is 0 Å². The number of nitrogens with one attached hydrogen (secondary N) is 2. The number of phenolic OH excluding ortho intramolecular Hbond substituents is 1. The highest BCUT2D eigenvalue weighted by molar-refractivity contribution is 5.84. The molecule has 0 unspecified atom stereocenters. The number of allylic oxidation sites excluding steroid dienone is 1. The molecule has 3 fully saturated rings. The van der Waals surface area contributed by atoms with Gasteiger partial charge in [-0.1, -0.05) is 19.1 Å². The van der Waals surface area contributed by atoms with Crippen LogP contribution in [0.15, 0.2) is 36.5 Å². The smallest absolute Gasteiger partial charge is 0.310 e. The summed E-state index contributed by atoms with van der Waals surface area (Å²) in [5.74, 6) is 1.04. The molecule has 5 rings (SSSR count). The summed E-state index contributed by atoms with van der Waals surface area (Å²) in [5, 5.41) is 14.3. The lowest BCUT2D eigenvalue weighted by Gasteiger charge is -2.50. The van der Waals surface area contributed by atoms with E-state index in [1.54, 1.807) is 12.1 Å². The number of carbonyl (C=O) groups is 1. The zero-order valence-corrected chi connectivity index (χ0v) is 17.7. The molecule has 30 heavy (non-hydrogen) atoms. The molecule has 1 aromatic carbocycles. The third-order valence-electron chi connectivity index (χ3n) is 8.01. The fourth-order valence-electron chi connectivity index (χ4n) is 6.34. The molecular formula is C25H32N2O3. The average Bonchev–Trinajstić information content (AvgIpc) is 3.23. The van der Waals surface area contributed by atoms with Crippen LogP contribution in [0.25, 0.3) is 10.9 Å². The number of aromatic nitrogens is 1. The largest absolute Gasteiger partial charge is 0.508 e. The molecule has 2 heterocycles. The number of hydrogen-bond donors (Lipinski definition) is 3. The highest BCUT2D eigenvalue weighted by Crippen LogP contribution is 2.56. The van der Waals surface area contributed by atoms with Crippen molar-refractivity contribution in [1.82, 2.24) is 10.3 Å². The lowest BCUT2D eigenvalue weighted by atomic mass is 9.55. The second-order valence-electron chi connectivity index (χ2n) is 9.90. The van der Waals surface area contributed by atoms with Crippen molar-refractivity contribution in [2.24, 2.45) is 23.2 Å². The van der Waals surface area contributed by atoms with Gasteiger partial charge < -0.3 is 20.1 Å². The highest BCUT2D eigenvalue weighted by Gasteiger charge is 2.54. The van der Waals surface area contributed by atoms with Crippen LogP contribution in [0.4, 0.5) is 0 Å². The van der Waals surface area contributed by atoms with Gasteiger partial charge in [0.05, 0.1) is 5.92 Å². The topological polar surface area (TPSA) is 74.3 Å². The molecule has 0 amide bonds. The van der Waals surface area contributed by atoms with Crippen molar-refractivity contribution in [3.8, 4) is 5.75 Å². The molecule has 3 aliphatic rings. The van der Waals surface area contributed by atoms with Gasteiger partial charge in [-0.25, -0.2) is 0 Å². The number of carbonyl (C=O) groups excluding carboxylic acids is 1. The van der Waals surface area contributed by atoms with E-state index >= 15 is 0 Å². The van der Waals surface area contributed by atoms with E-state index in [4.69, 9.17) is 4.74 Å². The van der Waals surface area contributed by atoms with Crippen molar-refractivity contribution in [1.29, 1.82) is 0 Å². The van der Waals surface area contributed by atoms with E-state index < -0.39 is 0 Å². The minimum Gasteiger partial charge on any atom is -0.508 e. The number of H-pyrrole nitrogens is 1. The third kappa shape index (κ3) is 3.33. The van der Waals surface area contributed by atoms with Crippen LogP contribution in [0.3, 0.4) is 0 Å². The van der Waals surface area contributed by atoms with Gasteiger partial charge in [0.1, 0.15) is 11.9 Å². The molecule has 0 spiro atoms. The van der Waals surface area contributed by atoms with Crippen LogP contribution < -0.4 is 5.32 Å². The van der Waals surface area contributed by atoms with Crippen LogP contribution in [0.1, 0.15) is 44.6 Å². The summed E-state index contributed by atoms with van der Waals surface area (Å²) >= 11 is 0. The SMILES string of the molecule is C=C1CCC[C@]2(C)C[C@H]3OC(=O)[C@H](CNCCc4c[nH]c5ccc(O)cc45)[C@H]3C[C@@H]12. The van der Waals surface area contributed by atoms with E-state index in [-0.39, 0.29) is 29.2 Å². The molecule has 5 nitrogen and oxygen atoms in total. The monoisotopic (exact) mass is 408 g/mol. The van der Waals surface area contributed by atoms with Gasteiger partial charge in [-0.2, -0.15) is 0 Å². The molecule has 1 saturated heterocycles. The summed E-state index contributed by atoms with van der Waals surface area (Å²) < 4.78 is 5.86. The molecule has 0 bridgehead atoms. The van der Waals surface area contributed by atoms with Gasteiger partial charge >= 0.3 is 5.97 Å². The minimum absolute atomic E-state index is 0.0256. The molecule has 2 saturated carbocycles. The number of ether oxygens (including phenoxy) is 1. The zero-order valence-electron chi connectivity index (χ0n) is 17.7. The maximum atomic E-state index is 12.6. The number of rotatable bonds is 5. The molecule has 0 radical (unpaired) electrons. The van der Waals surface area contributed by atoms with E-state index in [1.807, 2.05) is 12.3 Å². The summed E-state index contributed by atoms with van der Waals surface area (Å²) in [4.78, 5) is 15.9. The molecule has 3 N–H and O–H groups in total. The fourth-order valence-corrected chi connectivity index (χ4v) is 6.34. The normalized spacial score (nSPS) is 33.4. The van der Waals surface area contributed by atoms with Crippen LogP contribution in [0.2, 0.25) is 0 Å². The Bertz CT molecular complexity index is 980. The number of hydrogen-bond acceptors (Lipinski definition) is 4. The van der Waals surface area contributed by atoms with Crippen molar-refractivity contribution < 1.29 is 14.6 Å². The van der Waals surface area contributed by atoms with Crippen LogP contribution in [0, 0.1) is 23.2 Å². The molecule has 2 aromatic rings. The highest BCUT2D eigenvalue weighted by atomic mass is 16.6. The molecule has 1 aromatic heterocycles. The first-order valence-electron chi connectivity index (χ1n) is 11.3. The van der Waals surface area contributed by atoms with Gasteiger partial charge in [0.25, 0.3) is 0 Å². The Morgan fingerprint density at radius 2 is 2.27 bits per heavy atom. The van der Waals surface area contributed by atoms with E-state index in [9.17, 15) is 9.90 Å². The van der Waals surface area contributed by atoms with Crippen LogP contribution in [-0.4, -0.2) is 35.3 Å². The van der Waals surface area contributed by atoms with Gasteiger partial charge in [0.15, 0.2) is 0 Å². The predicted molar refractivity (Wildman–Crippen MR) is 117 cm³/mol. The van der Waals surface area contributed by atoms with E-state index in [0.29, 0.717) is 18.4 Å². The van der Waals surface area contributed by atoms with Crippen LogP contribution in [0.5, 0.6) is 5.75 Å². The summed E-state index contributed by atoms with van der Waals surface area (Å²) in [6.07, 6.45) is 8.53. The van der Waals surface area contributed by atoms with Gasteiger partial charge in [0.2, 0.25) is 0 Å². The second-order valence-corrected chi connectivity index (χ2v) is 9.90. The summed E-state index contributed by atoms with van der Waals surface area (Å²) in [7, 11) is 0. The minimum atomic E-state index is -0.0544. The van der Waals surface area contributed by atoms with Crippen LogP contribution in [-0.2, 0) is 16.0 Å². The Kier molecular flexibility index (Phi) is 4.89. The Hall–Kier alpha value is -2.27. The number of aromatic amines is 1. The summed E-state index contributed by atoms with van der Waals surface area (Å²) in [6, 6.07) is 5.39. The molecule has 5 heteroatoms. The van der Waals surface area contributed by atoms with Crippen LogP contribution >= 0.6 is 0 Å². The van der Waals surface area contributed by atoms with Gasteiger partial charge in [-0.3, -0.25) is 4.79 Å². The zero-order chi connectivity index (χ0) is 20.9. The van der Waals surface area contributed by atoms with Crippen molar-refractivity contribution in [3.05, 3.63) is 42.1 Å². The maximum Gasteiger partial charge on any atom is 0.310 e. The Balaban J connectivity index is 1.21. The Labute approximate surface area is 177 Å². The first-order valence-corrected chi connectivity index (χ1v) is 11.3. The molecular weight excluding hydrogens is 376 g/mol. The van der Waals surface area contributed by atoms with E-state index in [1.165, 1.54) is 24.0 Å². The van der Waals surface area contributed by atoms with Gasteiger partial charge in [-0.15, -0.1) is 0 Å². The van der Waals surface area contributed by atoms with Gasteiger partial charge in [-0.05, 0) is 80.2 Å². The Morgan fingerprint density at radius 3 is 3.13 bits per heavy atom. The van der Waals surface area contributed by atoms with Crippen molar-refractivity contribution >= 4 is 16.9 Å². The second kappa shape index (κ2) is 7.45. The first-order chi connectivity index (χ1) is 14.4.